The Morgan fingerprint density at radius 3 is 2.54 bits per heavy atom. The zero-order valence-corrected chi connectivity index (χ0v) is 8.56. The van der Waals surface area contributed by atoms with Crippen LogP contribution in [0.25, 0.3) is 0 Å². The predicted molar refractivity (Wildman–Crippen MR) is 50.9 cm³/mol. The van der Waals surface area contributed by atoms with E-state index in [2.05, 4.69) is 0 Å². The third-order valence-electron chi connectivity index (χ3n) is 2.07. The van der Waals surface area contributed by atoms with Gasteiger partial charge in [0.05, 0.1) is 6.61 Å². The number of ether oxygens (including phenoxy) is 2. The van der Waals surface area contributed by atoms with Gasteiger partial charge in [0.1, 0.15) is 5.54 Å². The van der Waals surface area contributed by atoms with E-state index >= 15 is 0 Å². The lowest BCUT2D eigenvalue weighted by Gasteiger charge is -2.30. The summed E-state index contributed by atoms with van der Waals surface area (Å²) < 4.78 is 9.97. The quantitative estimate of drug-likeness (QED) is 0.672. The van der Waals surface area contributed by atoms with Gasteiger partial charge in [-0.1, -0.05) is 0 Å². The maximum Gasteiger partial charge on any atom is 0.326 e. The van der Waals surface area contributed by atoms with Gasteiger partial charge in [-0.2, -0.15) is 0 Å². The molecule has 4 nitrogen and oxygen atoms in total. The first kappa shape index (κ1) is 12.7. The van der Waals surface area contributed by atoms with Gasteiger partial charge in [-0.3, -0.25) is 4.79 Å². The third kappa shape index (κ3) is 3.14. The van der Waals surface area contributed by atoms with E-state index in [-0.39, 0.29) is 18.4 Å². The Morgan fingerprint density at radius 2 is 2.08 bits per heavy atom. The molecule has 1 rings (SSSR count). The van der Waals surface area contributed by atoms with Crippen LogP contribution in [0.3, 0.4) is 0 Å². The van der Waals surface area contributed by atoms with Crippen molar-refractivity contribution in [1.29, 1.82) is 0 Å². The zero-order valence-electron chi connectivity index (χ0n) is 7.75. The first-order chi connectivity index (χ1) is 5.69. The molecule has 0 spiro atoms. The Balaban J connectivity index is 0.00000144. The summed E-state index contributed by atoms with van der Waals surface area (Å²) in [7, 11) is 0. The Hall–Kier alpha value is -0.320. The molecule has 1 aliphatic rings. The van der Waals surface area contributed by atoms with Crippen molar-refractivity contribution in [2.24, 2.45) is 5.73 Å². The monoisotopic (exact) mass is 209 g/mol. The minimum Gasteiger partial charge on any atom is -0.465 e. The van der Waals surface area contributed by atoms with E-state index in [1.54, 1.807) is 6.92 Å². The molecule has 5 heteroatoms. The normalized spacial score (nSPS) is 20.2. The fourth-order valence-corrected chi connectivity index (χ4v) is 1.21. The lowest BCUT2D eigenvalue weighted by molar-refractivity contribution is -0.153. The van der Waals surface area contributed by atoms with Gasteiger partial charge < -0.3 is 15.2 Å². The molecule has 0 unspecified atom stereocenters. The third-order valence-corrected chi connectivity index (χ3v) is 2.07. The van der Waals surface area contributed by atoms with Crippen molar-refractivity contribution in [2.75, 3.05) is 19.8 Å². The smallest absolute Gasteiger partial charge is 0.326 e. The number of esters is 1. The van der Waals surface area contributed by atoms with Gasteiger partial charge in [0.25, 0.3) is 0 Å². The van der Waals surface area contributed by atoms with Crippen LogP contribution in [0.1, 0.15) is 19.8 Å². The molecule has 0 aromatic rings. The van der Waals surface area contributed by atoms with E-state index < -0.39 is 5.54 Å². The van der Waals surface area contributed by atoms with Crippen molar-refractivity contribution in [3.63, 3.8) is 0 Å². The zero-order chi connectivity index (χ0) is 9.03. The van der Waals surface area contributed by atoms with Gasteiger partial charge in [0.2, 0.25) is 0 Å². The topological polar surface area (TPSA) is 61.5 Å². The number of carbonyl (C=O) groups is 1. The fraction of sp³-hybridized carbons (Fsp3) is 0.875. The highest BCUT2D eigenvalue weighted by Crippen LogP contribution is 2.18. The van der Waals surface area contributed by atoms with Crippen LogP contribution in [0.4, 0.5) is 0 Å². The first-order valence-electron chi connectivity index (χ1n) is 4.23. The predicted octanol–water partition coefficient (Wildman–Crippen LogP) is 0.479. The lowest BCUT2D eigenvalue weighted by Crippen LogP contribution is -2.52. The van der Waals surface area contributed by atoms with Gasteiger partial charge in [-0.05, 0) is 19.8 Å². The second-order valence-electron chi connectivity index (χ2n) is 2.99. The second kappa shape index (κ2) is 5.42. The van der Waals surface area contributed by atoms with Crippen molar-refractivity contribution < 1.29 is 14.3 Å². The maximum absolute atomic E-state index is 11.3. The highest BCUT2D eigenvalue weighted by molar-refractivity contribution is 5.85. The summed E-state index contributed by atoms with van der Waals surface area (Å²) in [5.74, 6) is -0.298. The summed E-state index contributed by atoms with van der Waals surface area (Å²) in [6.45, 7) is 3.27. The Kier molecular flexibility index (Phi) is 5.29. The van der Waals surface area contributed by atoms with Gasteiger partial charge in [-0.15, -0.1) is 12.4 Å². The molecular weight excluding hydrogens is 194 g/mol. The number of nitrogens with two attached hydrogens (primary N) is 1. The molecule has 1 aliphatic heterocycles. The van der Waals surface area contributed by atoms with Crippen molar-refractivity contribution >= 4 is 18.4 Å². The first-order valence-corrected chi connectivity index (χ1v) is 4.23. The molecule has 1 heterocycles. The number of rotatable bonds is 2. The van der Waals surface area contributed by atoms with Crippen molar-refractivity contribution in [3.8, 4) is 0 Å². The summed E-state index contributed by atoms with van der Waals surface area (Å²) in [6.07, 6.45) is 1.12. The standard InChI is InChI=1S/C8H15NO3.ClH/c1-2-12-7(10)8(9)3-5-11-6-4-8;/h2-6,9H2,1H3;1H. The van der Waals surface area contributed by atoms with E-state index in [1.807, 2.05) is 0 Å². The highest BCUT2D eigenvalue weighted by Gasteiger charge is 2.37. The summed E-state index contributed by atoms with van der Waals surface area (Å²) >= 11 is 0. The van der Waals surface area contributed by atoms with Crippen LogP contribution in [-0.4, -0.2) is 31.3 Å². The van der Waals surface area contributed by atoms with Crippen molar-refractivity contribution in [2.45, 2.75) is 25.3 Å². The molecule has 2 N–H and O–H groups in total. The molecule has 0 amide bonds. The van der Waals surface area contributed by atoms with Gasteiger partial charge in [-0.25, -0.2) is 0 Å². The molecule has 0 radical (unpaired) electrons. The summed E-state index contributed by atoms with van der Waals surface area (Å²) in [5.41, 5.74) is 5.04. The van der Waals surface area contributed by atoms with Crippen LogP contribution in [0.5, 0.6) is 0 Å². The molecule has 0 atom stereocenters. The Bertz CT molecular complexity index is 169. The minimum atomic E-state index is -0.797. The summed E-state index contributed by atoms with van der Waals surface area (Å²) in [6, 6.07) is 0. The number of halogens is 1. The SMILES string of the molecule is CCOC(=O)C1(N)CCOCC1.Cl. The Labute approximate surface area is 84.2 Å². The largest absolute Gasteiger partial charge is 0.465 e. The van der Waals surface area contributed by atoms with Crippen LogP contribution >= 0.6 is 12.4 Å². The van der Waals surface area contributed by atoms with Crippen molar-refractivity contribution in [1.82, 2.24) is 0 Å². The molecule has 0 saturated carbocycles. The van der Waals surface area contributed by atoms with Crippen LogP contribution in [-0.2, 0) is 14.3 Å². The maximum atomic E-state index is 11.3. The summed E-state index contributed by atoms with van der Waals surface area (Å²) in [4.78, 5) is 11.3. The van der Waals surface area contributed by atoms with E-state index in [0.29, 0.717) is 32.7 Å². The van der Waals surface area contributed by atoms with E-state index in [0.717, 1.165) is 0 Å². The molecule has 13 heavy (non-hydrogen) atoms. The molecule has 1 saturated heterocycles. The lowest BCUT2D eigenvalue weighted by atomic mass is 9.92. The molecule has 0 aromatic carbocycles. The van der Waals surface area contributed by atoms with Gasteiger partial charge in [0, 0.05) is 13.2 Å². The van der Waals surface area contributed by atoms with E-state index in [4.69, 9.17) is 15.2 Å². The average Bonchev–Trinajstić information content (AvgIpc) is 2.06. The molecule has 0 bridgehead atoms. The van der Waals surface area contributed by atoms with Crippen LogP contribution in [0.15, 0.2) is 0 Å². The summed E-state index contributed by atoms with van der Waals surface area (Å²) in [5, 5.41) is 0. The van der Waals surface area contributed by atoms with E-state index in [9.17, 15) is 4.79 Å². The molecule has 0 aliphatic carbocycles. The van der Waals surface area contributed by atoms with Crippen LogP contribution in [0, 0.1) is 0 Å². The number of hydrogen-bond donors (Lipinski definition) is 1. The van der Waals surface area contributed by atoms with Crippen LogP contribution in [0.2, 0.25) is 0 Å². The molecular formula is C8H16ClNO3. The number of hydrogen-bond acceptors (Lipinski definition) is 4. The molecule has 78 valence electrons. The fourth-order valence-electron chi connectivity index (χ4n) is 1.21. The second-order valence-corrected chi connectivity index (χ2v) is 2.99. The Morgan fingerprint density at radius 1 is 1.54 bits per heavy atom. The number of carbonyl (C=O) groups excluding carboxylic acids is 1. The van der Waals surface area contributed by atoms with Gasteiger partial charge in [0.15, 0.2) is 0 Å². The highest BCUT2D eigenvalue weighted by atomic mass is 35.5. The minimum absolute atomic E-state index is 0. The van der Waals surface area contributed by atoms with E-state index in [1.165, 1.54) is 0 Å². The van der Waals surface area contributed by atoms with Crippen LogP contribution < -0.4 is 5.73 Å². The van der Waals surface area contributed by atoms with Gasteiger partial charge >= 0.3 is 5.97 Å². The molecule has 1 fully saturated rings. The average molecular weight is 210 g/mol. The van der Waals surface area contributed by atoms with Crippen molar-refractivity contribution in [3.05, 3.63) is 0 Å². The molecule has 0 aromatic heterocycles.